The third kappa shape index (κ3) is 3.14. The van der Waals surface area contributed by atoms with E-state index in [1.165, 1.54) is 0 Å². The average molecular weight is 257 g/mol. The van der Waals surface area contributed by atoms with Crippen LogP contribution >= 0.6 is 0 Å². The summed E-state index contributed by atoms with van der Waals surface area (Å²) in [5, 5.41) is 22.0. The van der Waals surface area contributed by atoms with Crippen LogP contribution in [-0.4, -0.2) is 29.1 Å². The fourth-order valence-corrected chi connectivity index (χ4v) is 1.35. The van der Waals surface area contributed by atoms with Gasteiger partial charge in [-0.05, 0) is 19.0 Å². The fraction of sp³-hybridized carbons (Fsp3) is 0.300. The van der Waals surface area contributed by atoms with E-state index >= 15 is 0 Å². The number of hydrogen-bond acceptors (Lipinski definition) is 5. The lowest BCUT2D eigenvalue weighted by molar-refractivity contribution is -0.385. The molecule has 0 saturated heterocycles. The maximum absolute atomic E-state index is 13.5. The lowest BCUT2D eigenvalue weighted by Gasteiger charge is -2.08. The van der Waals surface area contributed by atoms with E-state index in [4.69, 9.17) is 10.8 Å². The zero-order valence-corrected chi connectivity index (χ0v) is 9.35. The van der Waals surface area contributed by atoms with Gasteiger partial charge in [0.15, 0.2) is 5.82 Å². The third-order valence-corrected chi connectivity index (χ3v) is 2.21. The van der Waals surface area contributed by atoms with Crippen LogP contribution in [0.1, 0.15) is 16.8 Å². The molecule has 4 N–H and O–H groups in total. The summed E-state index contributed by atoms with van der Waals surface area (Å²) in [4.78, 5) is 20.5. The molecule has 8 heteroatoms. The molecule has 0 aromatic heterocycles. The number of halogens is 1. The summed E-state index contributed by atoms with van der Waals surface area (Å²) >= 11 is 0. The Morgan fingerprint density at radius 2 is 2.22 bits per heavy atom. The molecule has 98 valence electrons. The number of anilines is 1. The number of carbonyl (C=O) groups is 1. The van der Waals surface area contributed by atoms with Crippen molar-refractivity contribution < 1.29 is 19.2 Å². The number of rotatable bonds is 6. The van der Waals surface area contributed by atoms with Crippen molar-refractivity contribution in [2.75, 3.05) is 18.4 Å². The van der Waals surface area contributed by atoms with E-state index in [9.17, 15) is 19.3 Å². The molecule has 0 heterocycles. The Kier molecular flexibility index (Phi) is 4.55. The molecule has 18 heavy (non-hydrogen) atoms. The minimum absolute atomic E-state index is 0.0912. The summed E-state index contributed by atoms with van der Waals surface area (Å²) < 4.78 is 13.5. The molecule has 0 atom stereocenters. The molecule has 7 nitrogen and oxygen atoms in total. The van der Waals surface area contributed by atoms with Crippen molar-refractivity contribution in [2.45, 2.75) is 6.42 Å². The predicted molar refractivity (Wildman–Crippen MR) is 62.2 cm³/mol. The van der Waals surface area contributed by atoms with Crippen LogP contribution in [0.2, 0.25) is 0 Å². The molecule has 0 spiro atoms. The molecule has 0 aliphatic heterocycles. The van der Waals surface area contributed by atoms with Crippen molar-refractivity contribution in [2.24, 2.45) is 5.73 Å². The summed E-state index contributed by atoms with van der Waals surface area (Å²) in [6.07, 6.45) is 0.568. The summed E-state index contributed by atoms with van der Waals surface area (Å²) in [5.74, 6) is -2.35. The van der Waals surface area contributed by atoms with Crippen LogP contribution in [0.4, 0.5) is 15.8 Å². The molecule has 0 unspecified atom stereocenters. The van der Waals surface area contributed by atoms with Crippen LogP contribution in [0.25, 0.3) is 0 Å². The number of carboxylic acids is 1. The van der Waals surface area contributed by atoms with Crippen LogP contribution in [0.5, 0.6) is 0 Å². The molecule has 1 aromatic rings. The first-order chi connectivity index (χ1) is 8.47. The number of benzene rings is 1. The van der Waals surface area contributed by atoms with Gasteiger partial charge in [-0.25, -0.2) is 9.18 Å². The van der Waals surface area contributed by atoms with E-state index in [1.54, 1.807) is 0 Å². The van der Waals surface area contributed by atoms with Crippen molar-refractivity contribution >= 4 is 17.3 Å². The Morgan fingerprint density at radius 1 is 1.56 bits per heavy atom. The van der Waals surface area contributed by atoms with Crippen molar-refractivity contribution in [1.82, 2.24) is 0 Å². The third-order valence-electron chi connectivity index (χ3n) is 2.21. The summed E-state index contributed by atoms with van der Waals surface area (Å²) in [5.41, 5.74) is 3.83. The predicted octanol–water partition coefficient (Wildman–Crippen LogP) is 1.19. The normalized spacial score (nSPS) is 10.1. The highest BCUT2D eigenvalue weighted by atomic mass is 19.1. The zero-order chi connectivity index (χ0) is 13.7. The number of nitro benzene ring substituents is 1. The van der Waals surface area contributed by atoms with E-state index in [-0.39, 0.29) is 5.69 Å². The molecule has 0 radical (unpaired) electrons. The number of nitrogens with two attached hydrogens (primary N) is 1. The summed E-state index contributed by atoms with van der Waals surface area (Å²) in [6, 6.07) is 1.50. The van der Waals surface area contributed by atoms with Gasteiger partial charge in [-0.3, -0.25) is 10.1 Å². The Morgan fingerprint density at radius 3 is 2.72 bits per heavy atom. The van der Waals surface area contributed by atoms with Gasteiger partial charge in [-0.15, -0.1) is 0 Å². The Balaban J connectivity index is 3.11. The highest BCUT2D eigenvalue weighted by Gasteiger charge is 2.23. The average Bonchev–Trinajstić information content (AvgIpc) is 2.30. The minimum atomic E-state index is -1.48. The lowest BCUT2D eigenvalue weighted by Crippen LogP contribution is -2.11. The maximum Gasteiger partial charge on any atom is 0.342 e. The van der Waals surface area contributed by atoms with Crippen LogP contribution < -0.4 is 11.1 Å². The summed E-state index contributed by atoms with van der Waals surface area (Å²) in [7, 11) is 0. The van der Waals surface area contributed by atoms with Crippen molar-refractivity contribution in [1.29, 1.82) is 0 Å². The van der Waals surface area contributed by atoms with E-state index in [0.717, 1.165) is 6.07 Å². The SMILES string of the molecule is NCCCNc1cc(C(=O)O)c([N+](=O)[O-])cc1F. The van der Waals surface area contributed by atoms with Crippen molar-refractivity contribution in [3.63, 3.8) is 0 Å². The topological polar surface area (TPSA) is 118 Å². The number of nitro groups is 1. The molecule has 0 bridgehead atoms. The molecule has 0 saturated carbocycles. The van der Waals surface area contributed by atoms with E-state index in [0.29, 0.717) is 25.6 Å². The van der Waals surface area contributed by atoms with Crippen molar-refractivity contribution in [3.8, 4) is 0 Å². The highest BCUT2D eigenvalue weighted by Crippen LogP contribution is 2.26. The van der Waals surface area contributed by atoms with Gasteiger partial charge in [0.1, 0.15) is 5.56 Å². The van der Waals surface area contributed by atoms with Gasteiger partial charge >= 0.3 is 5.97 Å². The first-order valence-electron chi connectivity index (χ1n) is 5.12. The van der Waals surface area contributed by atoms with E-state index in [1.807, 2.05) is 0 Å². The molecular weight excluding hydrogens is 245 g/mol. The highest BCUT2D eigenvalue weighted by molar-refractivity contribution is 5.93. The van der Waals surface area contributed by atoms with Gasteiger partial charge in [0.05, 0.1) is 16.7 Å². The molecule has 1 aromatic carbocycles. The van der Waals surface area contributed by atoms with Crippen LogP contribution in [0.3, 0.4) is 0 Å². The minimum Gasteiger partial charge on any atom is -0.477 e. The summed E-state index contributed by atoms with van der Waals surface area (Å²) in [6.45, 7) is 0.748. The molecule has 0 fully saturated rings. The Bertz CT molecular complexity index is 478. The number of aromatic carboxylic acids is 1. The second kappa shape index (κ2) is 5.92. The number of nitrogens with zero attached hydrogens (tertiary/aromatic N) is 1. The second-order valence-electron chi connectivity index (χ2n) is 3.48. The van der Waals surface area contributed by atoms with Crippen LogP contribution in [-0.2, 0) is 0 Å². The van der Waals surface area contributed by atoms with Gasteiger partial charge < -0.3 is 16.2 Å². The van der Waals surface area contributed by atoms with Crippen LogP contribution in [0, 0.1) is 15.9 Å². The van der Waals surface area contributed by atoms with Gasteiger partial charge in [-0.2, -0.15) is 0 Å². The maximum atomic E-state index is 13.5. The first-order valence-corrected chi connectivity index (χ1v) is 5.12. The molecule has 1 rings (SSSR count). The number of carboxylic acid groups (broad SMARTS) is 1. The molecule has 0 amide bonds. The smallest absolute Gasteiger partial charge is 0.342 e. The number of hydrogen-bond donors (Lipinski definition) is 3. The largest absolute Gasteiger partial charge is 0.477 e. The second-order valence-corrected chi connectivity index (χ2v) is 3.48. The van der Waals surface area contributed by atoms with E-state index < -0.39 is 28.0 Å². The van der Waals surface area contributed by atoms with E-state index in [2.05, 4.69) is 5.32 Å². The zero-order valence-electron chi connectivity index (χ0n) is 9.35. The molecule has 0 aliphatic rings. The van der Waals surface area contributed by atoms with Gasteiger partial charge in [0.25, 0.3) is 5.69 Å². The Labute approximate surface area is 102 Å². The monoisotopic (exact) mass is 257 g/mol. The quantitative estimate of drug-likeness (QED) is 0.400. The van der Waals surface area contributed by atoms with Crippen molar-refractivity contribution in [3.05, 3.63) is 33.6 Å². The van der Waals surface area contributed by atoms with Gasteiger partial charge in [-0.1, -0.05) is 0 Å². The molecule has 0 aliphatic carbocycles. The number of nitrogens with one attached hydrogen (secondary N) is 1. The Hall–Kier alpha value is -2.22. The van der Waals surface area contributed by atoms with Gasteiger partial charge in [0.2, 0.25) is 0 Å². The molecular formula is C10H12FN3O4. The lowest BCUT2D eigenvalue weighted by atomic mass is 10.1. The van der Waals surface area contributed by atoms with Gasteiger partial charge in [0, 0.05) is 6.54 Å². The standard InChI is InChI=1S/C10H12FN3O4/c11-7-5-9(14(17)18)6(10(15)16)4-8(7)13-3-1-2-12/h4-5,13H,1-3,12H2,(H,15,16). The van der Waals surface area contributed by atoms with Crippen LogP contribution in [0.15, 0.2) is 12.1 Å². The fourth-order valence-electron chi connectivity index (χ4n) is 1.35. The first kappa shape index (κ1) is 13.8.